The molecule has 1 aliphatic rings. The molecule has 1 saturated heterocycles. The lowest BCUT2D eigenvalue weighted by Gasteiger charge is -2.14. The molecule has 0 unspecified atom stereocenters. The summed E-state index contributed by atoms with van der Waals surface area (Å²) < 4.78 is 27.6. The second kappa shape index (κ2) is 12.1. The first-order chi connectivity index (χ1) is 20.3. The van der Waals surface area contributed by atoms with Crippen LogP contribution in [0.2, 0.25) is 10.0 Å². The van der Waals surface area contributed by atoms with Crippen LogP contribution in [0.3, 0.4) is 0 Å². The number of ether oxygens (including phenoxy) is 2. The highest BCUT2D eigenvalue weighted by Gasteiger charge is 2.21. The summed E-state index contributed by atoms with van der Waals surface area (Å²) in [7, 11) is 0. The normalized spacial score (nSPS) is 14.9. The molecule has 7 nitrogen and oxygen atoms in total. The van der Waals surface area contributed by atoms with Gasteiger partial charge < -0.3 is 19.1 Å². The van der Waals surface area contributed by atoms with Crippen LogP contribution >= 0.6 is 23.2 Å². The minimum atomic E-state index is -0.974. The van der Waals surface area contributed by atoms with E-state index in [1.165, 1.54) is 6.07 Å². The Morgan fingerprint density at radius 1 is 1.07 bits per heavy atom. The van der Waals surface area contributed by atoms with Gasteiger partial charge in [-0.1, -0.05) is 47.5 Å². The first-order valence-corrected chi connectivity index (χ1v) is 14.2. The number of pyridine rings is 1. The second-order valence-corrected chi connectivity index (χ2v) is 11.1. The molecule has 3 heterocycles. The molecule has 214 valence electrons. The van der Waals surface area contributed by atoms with Crippen LogP contribution in [0.25, 0.3) is 22.3 Å². The fourth-order valence-electron chi connectivity index (χ4n) is 5.12. The van der Waals surface area contributed by atoms with Crippen molar-refractivity contribution < 1.29 is 23.8 Å². The van der Waals surface area contributed by atoms with Crippen LogP contribution in [0.4, 0.5) is 4.39 Å². The van der Waals surface area contributed by atoms with Gasteiger partial charge in [0.15, 0.2) is 0 Å². The number of halogens is 3. The molecule has 0 aliphatic carbocycles. The van der Waals surface area contributed by atoms with Gasteiger partial charge in [0.1, 0.15) is 18.2 Å². The maximum absolute atomic E-state index is 14.1. The molecule has 1 fully saturated rings. The average Bonchev–Trinajstić information content (AvgIpc) is 3.61. The molecule has 0 saturated carbocycles. The lowest BCUT2D eigenvalue weighted by molar-refractivity contribution is 0.0697. The number of fused-ring (bicyclic) bond motifs is 1. The standard InChI is InChI=1S/C32H26Cl2FN3O4/c33-23-7-5-22(26(35)15-23)18-42-31-3-1-2-27(37-31)24-8-4-19(12-25(24)34)13-30-36-28-9-6-21(32(39)40)14-29(28)38(30)16-20-10-11-41-17-20/h1-9,12,14-15,20H,10-11,13,16-18H2,(H,39,40)/t20-/m0/s1. The zero-order valence-corrected chi connectivity index (χ0v) is 23.9. The highest BCUT2D eigenvalue weighted by molar-refractivity contribution is 6.33. The van der Waals surface area contributed by atoms with E-state index in [0.29, 0.717) is 52.7 Å². The largest absolute Gasteiger partial charge is 0.478 e. The number of benzene rings is 3. The van der Waals surface area contributed by atoms with Crippen molar-refractivity contribution in [2.75, 3.05) is 13.2 Å². The molecule has 1 atom stereocenters. The molecule has 42 heavy (non-hydrogen) atoms. The van der Waals surface area contributed by atoms with Gasteiger partial charge in [-0.25, -0.2) is 19.2 Å². The Labute approximate surface area is 251 Å². The first kappa shape index (κ1) is 28.2. The van der Waals surface area contributed by atoms with Crippen LogP contribution in [-0.2, 0) is 24.3 Å². The van der Waals surface area contributed by atoms with Crippen molar-refractivity contribution in [3.05, 3.63) is 111 Å². The number of rotatable bonds is 9. The quantitative estimate of drug-likeness (QED) is 0.188. The number of hydrogen-bond donors (Lipinski definition) is 1. The molecule has 1 N–H and O–H groups in total. The Kier molecular flexibility index (Phi) is 8.11. The number of carboxylic acid groups (broad SMARTS) is 1. The van der Waals surface area contributed by atoms with Gasteiger partial charge in [-0.15, -0.1) is 0 Å². The van der Waals surface area contributed by atoms with Crippen LogP contribution < -0.4 is 4.74 Å². The first-order valence-electron chi connectivity index (χ1n) is 13.5. The van der Waals surface area contributed by atoms with Crippen molar-refractivity contribution in [2.45, 2.75) is 26.0 Å². The van der Waals surface area contributed by atoms with E-state index in [0.717, 1.165) is 41.0 Å². The maximum Gasteiger partial charge on any atom is 0.335 e. The number of aromatic nitrogens is 3. The molecule has 0 bridgehead atoms. The van der Waals surface area contributed by atoms with Crippen molar-refractivity contribution >= 4 is 40.2 Å². The fraction of sp³-hybridized carbons (Fsp3) is 0.219. The highest BCUT2D eigenvalue weighted by Crippen LogP contribution is 2.31. The molecule has 5 aromatic rings. The highest BCUT2D eigenvalue weighted by atomic mass is 35.5. The Morgan fingerprint density at radius 3 is 2.71 bits per heavy atom. The zero-order chi connectivity index (χ0) is 29.2. The van der Waals surface area contributed by atoms with Crippen LogP contribution in [0.5, 0.6) is 5.88 Å². The van der Waals surface area contributed by atoms with Gasteiger partial charge >= 0.3 is 5.97 Å². The lowest BCUT2D eigenvalue weighted by atomic mass is 10.1. The lowest BCUT2D eigenvalue weighted by Crippen LogP contribution is -2.14. The van der Waals surface area contributed by atoms with Crippen LogP contribution in [0.15, 0.2) is 72.8 Å². The van der Waals surface area contributed by atoms with Gasteiger partial charge in [0, 0.05) is 47.7 Å². The number of carboxylic acids is 1. The van der Waals surface area contributed by atoms with Gasteiger partial charge in [0.25, 0.3) is 0 Å². The molecule has 10 heteroatoms. The monoisotopic (exact) mass is 605 g/mol. The summed E-state index contributed by atoms with van der Waals surface area (Å²) in [5, 5.41) is 10.4. The van der Waals surface area contributed by atoms with E-state index in [9.17, 15) is 14.3 Å². The van der Waals surface area contributed by atoms with Crippen LogP contribution in [0, 0.1) is 11.7 Å². The van der Waals surface area contributed by atoms with Crippen LogP contribution in [-0.4, -0.2) is 38.8 Å². The Balaban J connectivity index is 1.24. The van der Waals surface area contributed by atoms with Crippen molar-refractivity contribution in [1.82, 2.24) is 14.5 Å². The van der Waals surface area contributed by atoms with E-state index in [1.54, 1.807) is 42.5 Å². The molecule has 2 aromatic heterocycles. The maximum atomic E-state index is 14.1. The molecule has 1 aliphatic heterocycles. The van der Waals surface area contributed by atoms with Crippen LogP contribution in [0.1, 0.15) is 33.7 Å². The molecule has 0 spiro atoms. The van der Waals surface area contributed by atoms with Crippen molar-refractivity contribution in [1.29, 1.82) is 0 Å². The SMILES string of the molecule is O=C(O)c1ccc2nc(Cc3ccc(-c4cccc(OCc5ccc(Cl)cc5F)n4)c(Cl)c3)n(C[C@@H]3CCOC3)c2c1. The second-order valence-electron chi connectivity index (χ2n) is 10.3. The van der Waals surface area contributed by atoms with Crippen molar-refractivity contribution in [3.63, 3.8) is 0 Å². The van der Waals surface area contributed by atoms with E-state index in [1.807, 2.05) is 24.3 Å². The summed E-state index contributed by atoms with van der Waals surface area (Å²) in [6.07, 6.45) is 1.45. The summed E-state index contributed by atoms with van der Waals surface area (Å²) in [6.45, 7) is 2.09. The summed E-state index contributed by atoms with van der Waals surface area (Å²) >= 11 is 12.6. The minimum absolute atomic E-state index is 0.00800. The third-order valence-electron chi connectivity index (χ3n) is 7.32. The summed E-state index contributed by atoms with van der Waals surface area (Å²) in [5.41, 5.74) is 4.44. The van der Waals surface area contributed by atoms with E-state index < -0.39 is 11.8 Å². The minimum Gasteiger partial charge on any atom is -0.478 e. The van der Waals surface area contributed by atoms with Gasteiger partial charge in [-0.05, 0) is 54.4 Å². The molecule has 0 amide bonds. The molecular weight excluding hydrogens is 580 g/mol. The fourth-order valence-corrected chi connectivity index (χ4v) is 5.58. The Morgan fingerprint density at radius 2 is 1.95 bits per heavy atom. The molecule has 3 aromatic carbocycles. The average molecular weight is 606 g/mol. The topological polar surface area (TPSA) is 86.5 Å². The molecule has 0 radical (unpaired) electrons. The van der Waals surface area contributed by atoms with E-state index >= 15 is 0 Å². The van der Waals surface area contributed by atoms with E-state index in [2.05, 4.69) is 9.55 Å². The predicted octanol–water partition coefficient (Wildman–Crippen LogP) is 7.45. The van der Waals surface area contributed by atoms with Gasteiger partial charge in [-0.3, -0.25) is 0 Å². The summed E-state index contributed by atoms with van der Waals surface area (Å²) in [6, 6.07) is 20.6. The van der Waals surface area contributed by atoms with Gasteiger partial charge in [-0.2, -0.15) is 0 Å². The third kappa shape index (κ3) is 6.11. The van der Waals surface area contributed by atoms with E-state index in [-0.39, 0.29) is 12.2 Å². The van der Waals surface area contributed by atoms with E-state index in [4.69, 9.17) is 37.7 Å². The number of nitrogens with zero attached hydrogens (tertiary/aromatic N) is 3. The van der Waals surface area contributed by atoms with Crippen molar-refractivity contribution in [3.8, 4) is 17.1 Å². The van der Waals surface area contributed by atoms with Gasteiger partial charge in [0.05, 0.1) is 33.9 Å². The smallest absolute Gasteiger partial charge is 0.335 e. The number of carbonyl (C=O) groups is 1. The number of hydrogen-bond acceptors (Lipinski definition) is 5. The zero-order valence-electron chi connectivity index (χ0n) is 22.4. The number of aromatic carboxylic acids is 1. The molecular formula is C32H26Cl2FN3O4. The Hall–Kier alpha value is -3.98. The third-order valence-corrected chi connectivity index (χ3v) is 7.87. The predicted molar refractivity (Wildman–Crippen MR) is 159 cm³/mol. The number of imidazole rings is 1. The Bertz CT molecular complexity index is 1790. The summed E-state index contributed by atoms with van der Waals surface area (Å²) in [5.74, 6) is 0.0820. The van der Waals surface area contributed by atoms with Gasteiger partial charge in [0.2, 0.25) is 5.88 Å². The van der Waals surface area contributed by atoms with Crippen molar-refractivity contribution in [2.24, 2.45) is 5.92 Å². The molecule has 6 rings (SSSR count). The summed E-state index contributed by atoms with van der Waals surface area (Å²) in [4.78, 5) is 21.1.